The monoisotopic (exact) mass is 375 g/mol. The van der Waals surface area contributed by atoms with Crippen LogP contribution in [0.4, 0.5) is 11.4 Å². The second-order valence-corrected chi connectivity index (χ2v) is 7.05. The van der Waals surface area contributed by atoms with Crippen LogP contribution >= 0.6 is 27.5 Å². The number of nitrogen functional groups attached to an aromatic ring is 1. The number of aryl methyl sites for hydroxylation is 1. The number of nitrogens with two attached hydrogens (primary N) is 1. The van der Waals surface area contributed by atoms with Gasteiger partial charge in [-0.15, -0.1) is 0 Å². The zero-order valence-corrected chi connectivity index (χ0v) is 13.6. The maximum atomic E-state index is 12.3. The van der Waals surface area contributed by atoms with E-state index in [-0.39, 0.29) is 15.7 Å². The molecule has 0 spiro atoms. The highest BCUT2D eigenvalue weighted by atomic mass is 79.9. The van der Waals surface area contributed by atoms with Gasteiger partial charge < -0.3 is 5.73 Å². The molecule has 1 aromatic carbocycles. The summed E-state index contributed by atoms with van der Waals surface area (Å²) in [4.78, 5) is 4.01. The van der Waals surface area contributed by atoms with E-state index in [1.165, 1.54) is 18.3 Å². The van der Waals surface area contributed by atoms with Crippen LogP contribution in [0.2, 0.25) is 5.15 Å². The molecule has 0 radical (unpaired) electrons. The molecule has 0 saturated heterocycles. The van der Waals surface area contributed by atoms with Gasteiger partial charge in [-0.2, -0.15) is 0 Å². The lowest BCUT2D eigenvalue weighted by Crippen LogP contribution is -2.15. The van der Waals surface area contributed by atoms with E-state index >= 15 is 0 Å². The summed E-state index contributed by atoms with van der Waals surface area (Å²) in [6, 6.07) is 6.11. The molecule has 106 valence electrons. The number of sulfonamides is 1. The molecule has 8 heteroatoms. The largest absolute Gasteiger partial charge is 0.399 e. The van der Waals surface area contributed by atoms with E-state index in [2.05, 4.69) is 25.6 Å². The lowest BCUT2D eigenvalue weighted by molar-refractivity contribution is 0.600. The van der Waals surface area contributed by atoms with Crippen molar-refractivity contribution in [2.45, 2.75) is 11.8 Å². The van der Waals surface area contributed by atoms with Gasteiger partial charge in [0.05, 0.1) is 10.6 Å². The quantitative estimate of drug-likeness (QED) is 0.636. The summed E-state index contributed by atoms with van der Waals surface area (Å²) in [5.41, 5.74) is 6.88. The van der Waals surface area contributed by atoms with Gasteiger partial charge in [0, 0.05) is 16.4 Å². The van der Waals surface area contributed by atoms with E-state index in [0.29, 0.717) is 15.7 Å². The normalized spacial score (nSPS) is 11.3. The maximum Gasteiger partial charge on any atom is 0.262 e. The van der Waals surface area contributed by atoms with Crippen LogP contribution < -0.4 is 10.5 Å². The molecule has 20 heavy (non-hydrogen) atoms. The lowest BCUT2D eigenvalue weighted by Gasteiger charge is -2.11. The zero-order valence-electron chi connectivity index (χ0n) is 10.4. The molecule has 1 heterocycles. The first-order chi connectivity index (χ1) is 9.29. The molecule has 0 aliphatic rings. The van der Waals surface area contributed by atoms with Crippen LogP contribution in [0.25, 0.3) is 0 Å². The van der Waals surface area contributed by atoms with Crippen LogP contribution in [0.5, 0.6) is 0 Å². The molecule has 3 N–H and O–H groups in total. The van der Waals surface area contributed by atoms with Crippen molar-refractivity contribution in [1.82, 2.24) is 4.98 Å². The van der Waals surface area contributed by atoms with Gasteiger partial charge in [-0.3, -0.25) is 4.72 Å². The van der Waals surface area contributed by atoms with Crippen LogP contribution in [-0.4, -0.2) is 13.4 Å². The van der Waals surface area contributed by atoms with Crippen LogP contribution in [0.1, 0.15) is 5.56 Å². The third-order valence-corrected chi connectivity index (χ3v) is 4.80. The summed E-state index contributed by atoms with van der Waals surface area (Å²) < 4.78 is 27.7. The van der Waals surface area contributed by atoms with Gasteiger partial charge in [-0.25, -0.2) is 13.4 Å². The topological polar surface area (TPSA) is 85.1 Å². The first-order valence-corrected chi connectivity index (χ1v) is 8.15. The molecule has 0 atom stereocenters. The Morgan fingerprint density at radius 2 is 2.05 bits per heavy atom. The van der Waals surface area contributed by atoms with Gasteiger partial charge >= 0.3 is 0 Å². The van der Waals surface area contributed by atoms with Crippen LogP contribution in [0.3, 0.4) is 0 Å². The van der Waals surface area contributed by atoms with Crippen LogP contribution in [-0.2, 0) is 10.0 Å². The highest BCUT2D eigenvalue weighted by Gasteiger charge is 2.18. The molecule has 0 unspecified atom stereocenters. The number of hydrogen-bond acceptors (Lipinski definition) is 4. The smallest absolute Gasteiger partial charge is 0.262 e. The minimum Gasteiger partial charge on any atom is -0.399 e. The Balaban J connectivity index is 2.43. The number of halogens is 2. The standard InChI is InChI=1S/C12H11BrClN3O2S/c1-7-4-9(15)2-3-11(7)20(18,19)17-10-5-8(13)6-16-12(10)14/h2-6,17H,15H2,1H3. The highest BCUT2D eigenvalue weighted by molar-refractivity contribution is 9.10. The Bertz CT molecular complexity index is 765. The first kappa shape index (κ1) is 15.1. The lowest BCUT2D eigenvalue weighted by atomic mass is 10.2. The molecule has 0 fully saturated rings. The molecule has 2 aromatic rings. The molecule has 0 bridgehead atoms. The molecule has 5 nitrogen and oxygen atoms in total. The Morgan fingerprint density at radius 1 is 1.35 bits per heavy atom. The number of nitrogens with zero attached hydrogens (tertiary/aromatic N) is 1. The van der Waals surface area contributed by atoms with E-state index in [4.69, 9.17) is 17.3 Å². The minimum absolute atomic E-state index is 0.0740. The minimum atomic E-state index is -3.75. The molecule has 0 saturated carbocycles. The zero-order chi connectivity index (χ0) is 14.9. The maximum absolute atomic E-state index is 12.3. The fourth-order valence-corrected chi connectivity index (χ4v) is 3.49. The summed E-state index contributed by atoms with van der Waals surface area (Å²) in [6.45, 7) is 1.67. The number of pyridine rings is 1. The van der Waals surface area contributed by atoms with E-state index in [1.807, 2.05) is 0 Å². The SMILES string of the molecule is Cc1cc(N)ccc1S(=O)(=O)Nc1cc(Br)cnc1Cl. The van der Waals surface area contributed by atoms with E-state index in [0.717, 1.165) is 0 Å². The average molecular weight is 377 g/mol. The molecule has 2 rings (SSSR count). The fraction of sp³-hybridized carbons (Fsp3) is 0.0833. The molecule has 0 amide bonds. The van der Waals surface area contributed by atoms with E-state index < -0.39 is 10.0 Å². The summed E-state index contributed by atoms with van der Waals surface area (Å²) in [7, 11) is -3.75. The predicted molar refractivity (Wildman–Crippen MR) is 83.3 cm³/mol. The molecular formula is C12H11BrClN3O2S. The number of anilines is 2. The van der Waals surface area contributed by atoms with Gasteiger partial charge in [0.25, 0.3) is 10.0 Å². The summed E-state index contributed by atoms with van der Waals surface area (Å²) in [5, 5.41) is 0.0740. The van der Waals surface area contributed by atoms with Crippen molar-refractivity contribution in [3.63, 3.8) is 0 Å². The average Bonchev–Trinajstić information content (AvgIpc) is 2.33. The number of benzene rings is 1. The second-order valence-electron chi connectivity index (χ2n) is 4.12. The Kier molecular flexibility index (Phi) is 4.22. The molecule has 1 aromatic heterocycles. The van der Waals surface area contributed by atoms with E-state index in [1.54, 1.807) is 19.1 Å². The van der Waals surface area contributed by atoms with Crippen LogP contribution in [0.15, 0.2) is 39.8 Å². The van der Waals surface area contributed by atoms with Crippen molar-refractivity contribution in [2.75, 3.05) is 10.5 Å². The molecule has 0 aliphatic carbocycles. The van der Waals surface area contributed by atoms with Crippen molar-refractivity contribution in [3.8, 4) is 0 Å². The van der Waals surface area contributed by atoms with Crippen molar-refractivity contribution < 1.29 is 8.42 Å². The van der Waals surface area contributed by atoms with Crippen molar-refractivity contribution in [1.29, 1.82) is 0 Å². The summed E-state index contributed by atoms with van der Waals surface area (Å²) in [6.07, 6.45) is 1.48. The second kappa shape index (κ2) is 5.59. The third kappa shape index (κ3) is 3.23. The Hall–Kier alpha value is -1.31. The van der Waals surface area contributed by atoms with Gasteiger partial charge in [0.1, 0.15) is 0 Å². The highest BCUT2D eigenvalue weighted by Crippen LogP contribution is 2.27. The first-order valence-electron chi connectivity index (χ1n) is 5.49. The Labute approximate surface area is 130 Å². The van der Waals surface area contributed by atoms with Crippen LogP contribution in [0, 0.1) is 6.92 Å². The van der Waals surface area contributed by atoms with Crippen molar-refractivity contribution >= 4 is 48.9 Å². The van der Waals surface area contributed by atoms with Crippen molar-refractivity contribution in [3.05, 3.63) is 45.7 Å². The molecule has 0 aliphatic heterocycles. The van der Waals surface area contributed by atoms with Gasteiger partial charge in [-0.05, 0) is 52.7 Å². The number of rotatable bonds is 3. The summed E-state index contributed by atoms with van der Waals surface area (Å²) >= 11 is 9.09. The Morgan fingerprint density at radius 3 is 2.70 bits per heavy atom. The number of nitrogens with one attached hydrogen (secondary N) is 1. The van der Waals surface area contributed by atoms with Gasteiger partial charge in [-0.1, -0.05) is 11.6 Å². The predicted octanol–water partition coefficient (Wildman–Crippen LogP) is 3.19. The molecular weight excluding hydrogens is 366 g/mol. The summed E-state index contributed by atoms with van der Waals surface area (Å²) in [5.74, 6) is 0. The number of hydrogen-bond donors (Lipinski definition) is 2. The van der Waals surface area contributed by atoms with E-state index in [9.17, 15) is 8.42 Å². The fourth-order valence-electron chi connectivity index (χ4n) is 1.67. The van der Waals surface area contributed by atoms with Gasteiger partial charge in [0.15, 0.2) is 5.15 Å². The number of aromatic nitrogens is 1. The third-order valence-electron chi connectivity index (χ3n) is 2.54. The van der Waals surface area contributed by atoms with Gasteiger partial charge in [0.2, 0.25) is 0 Å². The van der Waals surface area contributed by atoms with Crippen molar-refractivity contribution in [2.24, 2.45) is 0 Å².